The molecule has 2 aromatic rings. The van der Waals surface area contributed by atoms with Gasteiger partial charge >= 0.3 is 0 Å². The number of rotatable bonds is 8. The number of benzene rings is 2. The third-order valence-corrected chi connectivity index (χ3v) is 5.37. The molecule has 0 spiro atoms. The van der Waals surface area contributed by atoms with Crippen LogP contribution < -0.4 is 0 Å². The van der Waals surface area contributed by atoms with Gasteiger partial charge in [-0.1, -0.05) is 47.5 Å². The maximum atomic E-state index is 12.7. The van der Waals surface area contributed by atoms with Crippen LogP contribution in [0, 0.1) is 13.8 Å². The Balaban J connectivity index is 2.30. The normalized spacial score (nSPS) is 11.3. The zero-order valence-corrected chi connectivity index (χ0v) is 17.0. The minimum Gasteiger partial charge on any atom is -0.300 e. The van der Waals surface area contributed by atoms with Crippen molar-refractivity contribution >= 4 is 29.0 Å². The summed E-state index contributed by atoms with van der Waals surface area (Å²) in [5.74, 6) is -0.770. The average molecular weight is 385 g/mol. The van der Waals surface area contributed by atoms with E-state index in [-0.39, 0.29) is 30.2 Å². The van der Waals surface area contributed by atoms with E-state index in [1.54, 1.807) is 18.2 Å². The van der Waals surface area contributed by atoms with E-state index in [2.05, 4.69) is 0 Å². The number of Topliss-reactive ketones (excluding diaryl/α,β-unsaturated/α-hetero) is 3. The van der Waals surface area contributed by atoms with Gasteiger partial charge in [-0.2, -0.15) is 0 Å². The molecule has 0 saturated carbocycles. The molecule has 0 aliphatic heterocycles. The number of carbonyl (C=O) groups is 3. The summed E-state index contributed by atoms with van der Waals surface area (Å²) in [4.78, 5) is 37.9. The first-order valence-corrected chi connectivity index (χ1v) is 9.40. The summed E-state index contributed by atoms with van der Waals surface area (Å²) in [5, 5.41) is 0.439. The molecule has 0 amide bonds. The van der Waals surface area contributed by atoms with Gasteiger partial charge in [-0.25, -0.2) is 0 Å². The van der Waals surface area contributed by atoms with Gasteiger partial charge in [0.05, 0.1) is 0 Å². The molecule has 142 valence electrons. The molecular formula is C23H25ClO3. The Labute approximate surface area is 165 Å². The van der Waals surface area contributed by atoms with Crippen molar-refractivity contribution in [2.75, 3.05) is 0 Å². The van der Waals surface area contributed by atoms with Crippen molar-refractivity contribution in [1.29, 1.82) is 0 Å². The van der Waals surface area contributed by atoms with Crippen molar-refractivity contribution < 1.29 is 14.4 Å². The molecule has 2 rings (SSSR count). The highest BCUT2D eigenvalue weighted by atomic mass is 35.5. The second kappa shape index (κ2) is 8.62. The predicted molar refractivity (Wildman–Crippen MR) is 108 cm³/mol. The zero-order valence-electron chi connectivity index (χ0n) is 16.3. The van der Waals surface area contributed by atoms with Crippen LogP contribution in [-0.2, 0) is 26.2 Å². The molecule has 2 aromatic carbocycles. The van der Waals surface area contributed by atoms with Gasteiger partial charge in [0.2, 0.25) is 0 Å². The summed E-state index contributed by atoms with van der Waals surface area (Å²) < 4.78 is 0. The van der Waals surface area contributed by atoms with Crippen LogP contribution in [0.2, 0.25) is 5.02 Å². The molecule has 0 aromatic heterocycles. The van der Waals surface area contributed by atoms with E-state index in [0.29, 0.717) is 17.0 Å². The van der Waals surface area contributed by atoms with Crippen LogP contribution in [0.1, 0.15) is 48.9 Å². The molecule has 0 unspecified atom stereocenters. The molecule has 0 bridgehead atoms. The quantitative estimate of drug-likeness (QED) is 0.604. The van der Waals surface area contributed by atoms with Crippen molar-refractivity contribution in [2.24, 2.45) is 0 Å². The summed E-state index contributed by atoms with van der Waals surface area (Å²) in [6.07, 6.45) is 0.731. The van der Waals surface area contributed by atoms with Gasteiger partial charge in [-0.15, -0.1) is 0 Å². The molecular weight excluding hydrogens is 360 g/mol. The van der Waals surface area contributed by atoms with Crippen molar-refractivity contribution in [3.05, 3.63) is 69.7 Å². The van der Waals surface area contributed by atoms with Crippen LogP contribution in [0.4, 0.5) is 0 Å². The molecule has 0 heterocycles. The predicted octanol–water partition coefficient (Wildman–Crippen LogP) is 4.96. The topological polar surface area (TPSA) is 51.2 Å². The number of hydrogen-bond donors (Lipinski definition) is 0. The molecule has 0 atom stereocenters. The third kappa shape index (κ3) is 4.72. The zero-order chi connectivity index (χ0) is 20.2. The highest BCUT2D eigenvalue weighted by molar-refractivity contribution is 6.30. The molecule has 0 radical (unpaired) electrons. The lowest BCUT2D eigenvalue weighted by molar-refractivity contribution is -0.137. The maximum Gasteiger partial charge on any atom is 0.148 e. The van der Waals surface area contributed by atoms with Gasteiger partial charge in [0.25, 0.3) is 0 Å². The Kier molecular flexibility index (Phi) is 6.72. The molecule has 0 fully saturated rings. The first-order chi connectivity index (χ1) is 12.7. The Bertz CT molecular complexity index is 852. The van der Waals surface area contributed by atoms with Gasteiger partial charge in [0, 0.05) is 17.9 Å². The molecule has 0 N–H and O–H groups in total. The second-order valence-corrected chi connectivity index (χ2v) is 7.61. The van der Waals surface area contributed by atoms with E-state index in [4.69, 9.17) is 11.6 Å². The Morgan fingerprint density at radius 2 is 1.52 bits per heavy atom. The fourth-order valence-corrected chi connectivity index (χ4v) is 3.62. The lowest BCUT2D eigenvalue weighted by Crippen LogP contribution is -2.44. The summed E-state index contributed by atoms with van der Waals surface area (Å²) in [6, 6.07) is 13.1. The van der Waals surface area contributed by atoms with Gasteiger partial charge in [0.15, 0.2) is 0 Å². The number of aryl methyl sites for hydroxylation is 3. The number of ketones is 3. The Hall–Kier alpha value is -2.26. The van der Waals surface area contributed by atoms with Crippen molar-refractivity contribution in [2.45, 2.75) is 52.4 Å². The van der Waals surface area contributed by atoms with E-state index >= 15 is 0 Å². The van der Waals surface area contributed by atoms with E-state index in [9.17, 15) is 14.4 Å². The molecule has 0 aliphatic rings. The minimum atomic E-state index is -1.47. The lowest BCUT2D eigenvalue weighted by atomic mass is 9.69. The number of halogens is 1. The Morgan fingerprint density at radius 3 is 2.07 bits per heavy atom. The van der Waals surface area contributed by atoms with Gasteiger partial charge in [0.1, 0.15) is 22.8 Å². The highest BCUT2D eigenvalue weighted by Gasteiger charge is 2.44. The maximum absolute atomic E-state index is 12.7. The second-order valence-electron chi connectivity index (χ2n) is 7.18. The SMILES string of the molecule is CC(=O)C(CC(=O)CCc1ccc(C)cc1)(C(C)=O)c1cc(Cl)ccc1C. The van der Waals surface area contributed by atoms with Crippen LogP contribution in [0.15, 0.2) is 42.5 Å². The summed E-state index contributed by atoms with van der Waals surface area (Å²) in [5.41, 5.74) is 2.05. The van der Waals surface area contributed by atoms with Crippen molar-refractivity contribution in [1.82, 2.24) is 0 Å². The van der Waals surface area contributed by atoms with Crippen molar-refractivity contribution in [3.8, 4) is 0 Å². The largest absolute Gasteiger partial charge is 0.300 e. The van der Waals surface area contributed by atoms with Crippen LogP contribution in [0.3, 0.4) is 0 Å². The van der Waals surface area contributed by atoms with E-state index < -0.39 is 5.41 Å². The standard InChI is InChI=1S/C23H25ClO3/c1-15-5-8-19(9-6-15)10-12-21(27)14-23(17(3)25,18(4)26)22-13-20(24)11-7-16(22)2/h5-9,11,13H,10,12,14H2,1-4H3. The van der Waals surface area contributed by atoms with E-state index in [1.807, 2.05) is 38.1 Å². The molecule has 4 heteroatoms. The highest BCUT2D eigenvalue weighted by Crippen LogP contribution is 2.35. The first kappa shape index (κ1) is 21.0. The van der Waals surface area contributed by atoms with Crippen LogP contribution in [-0.4, -0.2) is 17.3 Å². The summed E-state index contributed by atoms with van der Waals surface area (Å²) >= 11 is 6.12. The molecule has 0 saturated heterocycles. The van der Waals surface area contributed by atoms with Crippen LogP contribution >= 0.6 is 11.6 Å². The van der Waals surface area contributed by atoms with Crippen molar-refractivity contribution in [3.63, 3.8) is 0 Å². The van der Waals surface area contributed by atoms with Gasteiger partial charge < -0.3 is 0 Å². The Morgan fingerprint density at radius 1 is 0.926 bits per heavy atom. The van der Waals surface area contributed by atoms with Crippen LogP contribution in [0.25, 0.3) is 0 Å². The van der Waals surface area contributed by atoms with E-state index in [1.165, 1.54) is 13.8 Å². The number of hydrogen-bond acceptors (Lipinski definition) is 3. The van der Waals surface area contributed by atoms with Crippen LogP contribution in [0.5, 0.6) is 0 Å². The summed E-state index contributed by atoms with van der Waals surface area (Å²) in [6.45, 7) is 6.57. The third-order valence-electron chi connectivity index (χ3n) is 5.14. The fourth-order valence-electron chi connectivity index (χ4n) is 3.45. The molecule has 3 nitrogen and oxygen atoms in total. The average Bonchev–Trinajstić information content (AvgIpc) is 2.61. The monoisotopic (exact) mass is 384 g/mol. The molecule has 0 aliphatic carbocycles. The first-order valence-electron chi connectivity index (χ1n) is 9.02. The molecule has 27 heavy (non-hydrogen) atoms. The lowest BCUT2D eigenvalue weighted by Gasteiger charge is -2.30. The van der Waals surface area contributed by atoms with E-state index in [0.717, 1.165) is 16.7 Å². The van der Waals surface area contributed by atoms with Gasteiger partial charge in [-0.05, 0) is 62.9 Å². The number of carbonyl (C=O) groups excluding carboxylic acids is 3. The summed E-state index contributed by atoms with van der Waals surface area (Å²) in [7, 11) is 0. The fraction of sp³-hybridized carbons (Fsp3) is 0.348. The minimum absolute atomic E-state index is 0.111. The smallest absolute Gasteiger partial charge is 0.148 e. The van der Waals surface area contributed by atoms with Gasteiger partial charge in [-0.3, -0.25) is 14.4 Å².